The van der Waals surface area contributed by atoms with Crippen LogP contribution in [0.2, 0.25) is 0 Å². The predicted molar refractivity (Wildman–Crippen MR) is 180 cm³/mol. The summed E-state index contributed by atoms with van der Waals surface area (Å²) in [6, 6.07) is 31.6. The number of ether oxygens (including phenoxy) is 2. The average molecular weight is 636 g/mol. The van der Waals surface area contributed by atoms with Crippen molar-refractivity contribution in [2.75, 3.05) is 18.1 Å². The first-order valence-electron chi connectivity index (χ1n) is 15.4. The van der Waals surface area contributed by atoms with Gasteiger partial charge in [-0.3, -0.25) is 9.78 Å². The summed E-state index contributed by atoms with van der Waals surface area (Å²) in [5.41, 5.74) is 7.47. The highest BCUT2D eigenvalue weighted by Gasteiger charge is 2.38. The quantitative estimate of drug-likeness (QED) is 0.146. The molecule has 1 aliphatic rings. The van der Waals surface area contributed by atoms with Crippen molar-refractivity contribution in [3.63, 3.8) is 0 Å². The number of carbonyl (C=O) groups excluding carboxylic acids is 1. The van der Waals surface area contributed by atoms with Crippen LogP contribution in [0, 0.1) is 5.92 Å². The Balaban J connectivity index is 1.19. The third kappa shape index (κ3) is 7.46. The number of hydrogen-bond acceptors (Lipinski definition) is 8. The molecule has 0 unspecified atom stereocenters. The van der Waals surface area contributed by atoms with Crippen LogP contribution in [0.15, 0.2) is 103 Å². The largest absolute Gasteiger partial charge is 0.396 e. The highest BCUT2D eigenvalue weighted by Crippen LogP contribution is 2.43. The summed E-state index contributed by atoms with van der Waals surface area (Å²) in [6.07, 6.45) is 0.638. The van der Waals surface area contributed by atoms with Crippen LogP contribution in [0.4, 0.5) is 0 Å². The van der Waals surface area contributed by atoms with Gasteiger partial charge in [-0.25, -0.2) is 4.98 Å². The van der Waals surface area contributed by atoms with Gasteiger partial charge in [0.1, 0.15) is 5.69 Å². The second-order valence-corrected chi connectivity index (χ2v) is 12.5. The van der Waals surface area contributed by atoms with E-state index in [1.807, 2.05) is 78.9 Å². The molecule has 1 amide bonds. The summed E-state index contributed by atoms with van der Waals surface area (Å²) in [5, 5.41) is 21.8. The highest BCUT2D eigenvalue weighted by molar-refractivity contribution is 7.99. The standard InChI is InChI=1S/C37H37N3O5S/c1-24-34(23-46-17-16-41)44-37(45-35(24)27-14-12-25(22-42)13-15-27)30-9-5-8-29(19-30)28-7-4-6-26(18-28)20-39-36(43)33-21-38-31-10-2-3-11-32(31)40-33/h2-15,18-19,21,24,34-35,37,41-42H,16-17,20,22-23H2,1H3,(H,39,43)/t24-,34+,35+,37+/m1/s1. The fourth-order valence-corrected chi connectivity index (χ4v) is 6.55. The molecular weight excluding hydrogens is 598 g/mol. The lowest BCUT2D eigenvalue weighted by Gasteiger charge is -2.41. The number of thioether (sulfide) groups is 1. The van der Waals surface area contributed by atoms with Gasteiger partial charge in [0.2, 0.25) is 0 Å². The molecule has 5 aromatic rings. The van der Waals surface area contributed by atoms with Crippen molar-refractivity contribution in [3.05, 3.63) is 131 Å². The normalized spacial score (nSPS) is 19.6. The van der Waals surface area contributed by atoms with Gasteiger partial charge in [0.15, 0.2) is 6.29 Å². The molecule has 1 saturated heterocycles. The molecule has 0 aliphatic carbocycles. The number of rotatable bonds is 11. The number of hydrogen-bond donors (Lipinski definition) is 3. The zero-order valence-corrected chi connectivity index (χ0v) is 26.4. The second-order valence-electron chi connectivity index (χ2n) is 11.4. The summed E-state index contributed by atoms with van der Waals surface area (Å²) in [5.74, 6) is 1.19. The predicted octanol–water partition coefficient (Wildman–Crippen LogP) is 6.24. The van der Waals surface area contributed by atoms with E-state index in [9.17, 15) is 15.0 Å². The first-order valence-corrected chi connectivity index (χ1v) is 16.6. The lowest BCUT2D eigenvalue weighted by atomic mass is 9.91. The molecule has 4 aromatic carbocycles. The molecule has 4 atom stereocenters. The molecule has 9 heteroatoms. The Morgan fingerprint density at radius 1 is 0.848 bits per heavy atom. The topological polar surface area (TPSA) is 114 Å². The number of aromatic nitrogens is 2. The van der Waals surface area contributed by atoms with Crippen molar-refractivity contribution in [2.24, 2.45) is 5.92 Å². The minimum Gasteiger partial charge on any atom is -0.396 e. The van der Waals surface area contributed by atoms with Crippen molar-refractivity contribution in [1.29, 1.82) is 0 Å². The number of nitrogens with one attached hydrogen (secondary N) is 1. The lowest BCUT2D eigenvalue weighted by molar-refractivity contribution is -0.268. The van der Waals surface area contributed by atoms with Crippen LogP contribution >= 0.6 is 11.8 Å². The molecule has 0 spiro atoms. The van der Waals surface area contributed by atoms with E-state index >= 15 is 0 Å². The van der Waals surface area contributed by atoms with Crippen LogP contribution in [0.3, 0.4) is 0 Å². The molecule has 3 N–H and O–H groups in total. The third-order valence-corrected chi connectivity index (χ3v) is 9.23. The third-order valence-electron chi connectivity index (χ3n) is 8.19. The maximum Gasteiger partial charge on any atom is 0.271 e. The summed E-state index contributed by atoms with van der Waals surface area (Å²) in [6.45, 7) is 2.60. The summed E-state index contributed by atoms with van der Waals surface area (Å²) in [7, 11) is 0. The number of nitrogens with zero attached hydrogens (tertiary/aromatic N) is 2. The Bertz CT molecular complexity index is 1780. The number of amides is 1. The zero-order chi connectivity index (χ0) is 31.9. The maximum absolute atomic E-state index is 12.9. The Hall–Kier alpha value is -4.12. The van der Waals surface area contributed by atoms with E-state index in [2.05, 4.69) is 40.4 Å². The van der Waals surface area contributed by atoms with Crippen LogP contribution < -0.4 is 5.32 Å². The van der Waals surface area contributed by atoms with Crippen LogP contribution in [0.5, 0.6) is 0 Å². The zero-order valence-electron chi connectivity index (χ0n) is 25.6. The number of fused-ring (bicyclic) bond motifs is 1. The lowest BCUT2D eigenvalue weighted by Crippen LogP contribution is -2.38. The van der Waals surface area contributed by atoms with Crippen molar-refractivity contribution in [1.82, 2.24) is 15.3 Å². The van der Waals surface area contributed by atoms with Crippen LogP contribution in [-0.2, 0) is 22.6 Å². The fraction of sp³-hybridized carbons (Fsp3) is 0.270. The Labute approximate surface area is 272 Å². The van der Waals surface area contributed by atoms with Crippen LogP contribution in [0.25, 0.3) is 22.2 Å². The minimum atomic E-state index is -0.580. The number of carbonyl (C=O) groups is 1. The molecule has 8 nitrogen and oxygen atoms in total. The van der Waals surface area contributed by atoms with E-state index in [-0.39, 0.29) is 42.9 Å². The van der Waals surface area contributed by atoms with Crippen LogP contribution in [0.1, 0.15) is 52.1 Å². The first kappa shape index (κ1) is 31.8. The van der Waals surface area contributed by atoms with Gasteiger partial charge in [0, 0.05) is 29.5 Å². The SMILES string of the molecule is C[C@@H]1[C@H](CSCCO)O[C@H](c2cccc(-c3cccc(CNC(=O)c4cnc5ccccc5n4)c3)c2)O[C@@H]1c1ccc(CO)cc1. The highest BCUT2D eigenvalue weighted by atomic mass is 32.2. The molecule has 236 valence electrons. The van der Waals surface area contributed by atoms with E-state index < -0.39 is 6.29 Å². The van der Waals surface area contributed by atoms with E-state index in [4.69, 9.17) is 9.47 Å². The van der Waals surface area contributed by atoms with Gasteiger partial charge in [-0.05, 0) is 52.1 Å². The number of benzene rings is 4. The van der Waals surface area contributed by atoms with Crippen molar-refractivity contribution in [2.45, 2.75) is 38.6 Å². The van der Waals surface area contributed by atoms with E-state index in [0.717, 1.165) is 44.7 Å². The van der Waals surface area contributed by atoms with Gasteiger partial charge < -0.3 is 25.0 Å². The maximum atomic E-state index is 12.9. The van der Waals surface area contributed by atoms with E-state index in [0.29, 0.717) is 17.8 Å². The van der Waals surface area contributed by atoms with Gasteiger partial charge in [-0.2, -0.15) is 11.8 Å². The minimum absolute atomic E-state index is 0.00693. The number of aliphatic hydroxyl groups excluding tert-OH is 2. The summed E-state index contributed by atoms with van der Waals surface area (Å²) >= 11 is 1.67. The summed E-state index contributed by atoms with van der Waals surface area (Å²) < 4.78 is 13.2. The second kappa shape index (κ2) is 15.0. The first-order chi connectivity index (χ1) is 22.5. The molecule has 0 saturated carbocycles. The molecular formula is C37H37N3O5S. The van der Waals surface area contributed by atoms with Gasteiger partial charge in [-0.1, -0.05) is 79.7 Å². The Morgan fingerprint density at radius 2 is 1.61 bits per heavy atom. The summed E-state index contributed by atoms with van der Waals surface area (Å²) in [4.78, 5) is 21.7. The molecule has 1 aliphatic heterocycles. The van der Waals surface area contributed by atoms with Gasteiger partial charge in [0.25, 0.3) is 5.91 Å². The molecule has 1 aromatic heterocycles. The van der Waals surface area contributed by atoms with Crippen molar-refractivity contribution < 1.29 is 24.5 Å². The smallest absolute Gasteiger partial charge is 0.271 e. The number of para-hydroxylation sites is 2. The number of aliphatic hydroxyl groups is 2. The van der Waals surface area contributed by atoms with Gasteiger partial charge in [-0.15, -0.1) is 0 Å². The molecule has 0 bridgehead atoms. The van der Waals surface area contributed by atoms with Crippen molar-refractivity contribution in [3.8, 4) is 11.1 Å². The van der Waals surface area contributed by atoms with E-state index in [1.54, 1.807) is 11.8 Å². The fourth-order valence-electron chi connectivity index (χ4n) is 5.64. The molecule has 2 heterocycles. The Kier molecular flexibility index (Phi) is 10.4. The van der Waals surface area contributed by atoms with Gasteiger partial charge in [0.05, 0.1) is 42.7 Å². The average Bonchev–Trinajstić information content (AvgIpc) is 3.11. The molecule has 0 radical (unpaired) electrons. The van der Waals surface area contributed by atoms with E-state index in [1.165, 1.54) is 6.20 Å². The molecule has 6 rings (SSSR count). The molecule has 1 fully saturated rings. The molecule has 46 heavy (non-hydrogen) atoms. The van der Waals surface area contributed by atoms with Crippen LogP contribution in [-0.4, -0.2) is 50.3 Å². The van der Waals surface area contributed by atoms with Crippen molar-refractivity contribution >= 4 is 28.7 Å². The van der Waals surface area contributed by atoms with Gasteiger partial charge >= 0.3 is 0 Å². The monoisotopic (exact) mass is 635 g/mol. The Morgan fingerprint density at radius 3 is 2.39 bits per heavy atom.